The number of aromatic hydroxyl groups is 1. The van der Waals surface area contributed by atoms with Crippen LogP contribution in [0.1, 0.15) is 61.4 Å². The summed E-state index contributed by atoms with van der Waals surface area (Å²) in [6, 6.07) is 3.13. The molecule has 5 atom stereocenters. The molecule has 4 aliphatic carbocycles. The number of phenolic OH excluding ortho intramolecular Hbond substituents is 1. The van der Waals surface area contributed by atoms with Crippen molar-refractivity contribution in [1.29, 1.82) is 0 Å². The van der Waals surface area contributed by atoms with Gasteiger partial charge in [-0.1, -0.05) is 12.8 Å². The number of benzene rings is 1. The van der Waals surface area contributed by atoms with Crippen molar-refractivity contribution >= 4 is 23.2 Å². The van der Waals surface area contributed by atoms with Gasteiger partial charge in [0.2, 0.25) is 5.91 Å². The number of aliphatic hydroxyl groups is 3. The number of hydrogen-bond acceptors (Lipinski definition) is 8. The van der Waals surface area contributed by atoms with Crippen molar-refractivity contribution in [3.63, 3.8) is 0 Å². The average Bonchev–Trinajstić information content (AvgIpc) is 3.21. The molecule has 194 valence electrons. The van der Waals surface area contributed by atoms with Gasteiger partial charge in [0.05, 0.1) is 11.7 Å². The molecule has 2 fully saturated rings. The fourth-order valence-corrected chi connectivity index (χ4v) is 6.96. The van der Waals surface area contributed by atoms with Crippen LogP contribution < -0.4 is 10.2 Å². The number of nitrogens with one attached hydrogen (secondary N) is 1. The van der Waals surface area contributed by atoms with Gasteiger partial charge in [0, 0.05) is 36.8 Å². The molecule has 2 saturated carbocycles. The lowest BCUT2D eigenvalue weighted by molar-refractivity contribution is -0.168. The summed E-state index contributed by atoms with van der Waals surface area (Å²) in [6.45, 7) is 1.90. The molecule has 1 aromatic carbocycles. The zero-order valence-electron chi connectivity index (χ0n) is 20.9. The molecule has 5 N–H and O–H groups in total. The molecule has 2 unspecified atom stereocenters. The van der Waals surface area contributed by atoms with Crippen LogP contribution >= 0.6 is 0 Å². The van der Waals surface area contributed by atoms with E-state index in [1.165, 1.54) is 6.07 Å². The predicted octanol–water partition coefficient (Wildman–Crippen LogP) is 1.78. The van der Waals surface area contributed by atoms with Crippen LogP contribution in [0.4, 0.5) is 5.69 Å². The van der Waals surface area contributed by atoms with Gasteiger partial charge in [0.25, 0.3) is 0 Å². The van der Waals surface area contributed by atoms with E-state index in [4.69, 9.17) is 0 Å². The minimum atomic E-state index is -2.45. The first-order valence-corrected chi connectivity index (χ1v) is 12.7. The number of ketones is 2. The van der Waals surface area contributed by atoms with E-state index >= 15 is 0 Å². The van der Waals surface area contributed by atoms with Crippen LogP contribution in [0.2, 0.25) is 0 Å². The second-order valence-electron chi connectivity index (χ2n) is 11.4. The number of allylic oxidation sites excluding steroid dienone is 1. The second-order valence-corrected chi connectivity index (χ2v) is 11.4. The number of fused-ring (bicyclic) bond motifs is 3. The van der Waals surface area contributed by atoms with Gasteiger partial charge >= 0.3 is 0 Å². The molecule has 0 spiro atoms. The van der Waals surface area contributed by atoms with Crippen molar-refractivity contribution in [3.8, 4) is 5.75 Å². The van der Waals surface area contributed by atoms with E-state index in [1.54, 1.807) is 6.07 Å². The van der Waals surface area contributed by atoms with Crippen LogP contribution in [-0.4, -0.2) is 69.2 Å². The first kappa shape index (κ1) is 24.8. The average molecular weight is 499 g/mol. The Bertz CT molecular complexity index is 1180. The van der Waals surface area contributed by atoms with Gasteiger partial charge in [-0.15, -0.1) is 0 Å². The Balaban J connectivity index is 1.55. The van der Waals surface area contributed by atoms with Crippen LogP contribution in [-0.2, 0) is 16.0 Å². The van der Waals surface area contributed by atoms with Crippen molar-refractivity contribution in [2.75, 3.05) is 19.0 Å². The third-order valence-corrected chi connectivity index (χ3v) is 8.84. The highest BCUT2D eigenvalue weighted by atomic mass is 16.3. The molecule has 0 aromatic heterocycles. The summed E-state index contributed by atoms with van der Waals surface area (Å²) in [5.74, 6) is -6.19. The van der Waals surface area contributed by atoms with E-state index in [9.17, 15) is 34.8 Å². The summed E-state index contributed by atoms with van der Waals surface area (Å²) in [6.07, 6.45) is 2.54. The fourth-order valence-electron chi connectivity index (χ4n) is 6.96. The summed E-state index contributed by atoms with van der Waals surface area (Å²) < 4.78 is 0. The van der Waals surface area contributed by atoms with E-state index in [0.717, 1.165) is 31.4 Å². The minimum absolute atomic E-state index is 0.0489. The molecule has 0 aliphatic heterocycles. The predicted molar refractivity (Wildman–Crippen MR) is 131 cm³/mol. The van der Waals surface area contributed by atoms with Gasteiger partial charge in [-0.3, -0.25) is 14.4 Å². The highest BCUT2D eigenvalue weighted by Crippen LogP contribution is 2.52. The standard InChI is InChI=1S/C27H34N2O7/c1-26(8-4-5-9-26)28-25(35)21-18(31)12-14-10-13-11-15-16(29(2)3)6-7-17(30)20(15)22(32)19(13)23(33)27(14,36)24(21)34/h6-7,13-14,18,21,30-31,33,36H,4-5,8-12H2,1-3H3,(H,28,35)/t13-,14+,18?,21?,27+/m1/s1. The molecule has 1 aromatic rings. The molecule has 0 saturated heterocycles. The van der Waals surface area contributed by atoms with Crippen molar-refractivity contribution < 1.29 is 34.8 Å². The van der Waals surface area contributed by atoms with Crippen LogP contribution in [0.25, 0.3) is 0 Å². The highest BCUT2D eigenvalue weighted by molar-refractivity contribution is 6.16. The van der Waals surface area contributed by atoms with Crippen LogP contribution in [0.15, 0.2) is 23.5 Å². The lowest BCUT2D eigenvalue weighted by atomic mass is 9.57. The van der Waals surface area contributed by atoms with Gasteiger partial charge in [-0.05, 0) is 62.6 Å². The van der Waals surface area contributed by atoms with E-state index in [0.29, 0.717) is 12.0 Å². The third kappa shape index (κ3) is 3.47. The number of carbonyl (C=O) groups is 3. The van der Waals surface area contributed by atoms with Crippen molar-refractivity contribution in [2.24, 2.45) is 17.8 Å². The molecular weight excluding hydrogens is 464 g/mol. The Morgan fingerprint density at radius 3 is 2.42 bits per heavy atom. The molecule has 36 heavy (non-hydrogen) atoms. The molecule has 9 nitrogen and oxygen atoms in total. The monoisotopic (exact) mass is 498 g/mol. The number of rotatable bonds is 3. The molecule has 5 rings (SSSR count). The Morgan fingerprint density at radius 2 is 1.78 bits per heavy atom. The Labute approximate surface area is 209 Å². The van der Waals surface area contributed by atoms with Crippen LogP contribution in [0, 0.1) is 17.8 Å². The minimum Gasteiger partial charge on any atom is -0.508 e. The normalized spacial score (nSPS) is 33.0. The summed E-state index contributed by atoms with van der Waals surface area (Å²) in [7, 11) is 3.65. The Morgan fingerprint density at radius 1 is 1.11 bits per heavy atom. The maximum absolute atomic E-state index is 13.6. The zero-order valence-corrected chi connectivity index (χ0v) is 20.9. The van der Waals surface area contributed by atoms with Crippen molar-refractivity contribution in [2.45, 2.75) is 69.1 Å². The SMILES string of the molecule is CN(C)c1ccc(O)c2c1C[C@H]1C[C@H]3CC(O)C(C(=O)NC4(C)CCCC4)C(=O)[C@@]3(O)C(O)=C1C2=O. The first-order chi connectivity index (χ1) is 16.9. The Hall–Kier alpha value is -2.91. The topological polar surface area (TPSA) is 147 Å². The van der Waals surface area contributed by atoms with E-state index in [1.807, 2.05) is 25.9 Å². The molecule has 0 radical (unpaired) electrons. The van der Waals surface area contributed by atoms with Gasteiger partial charge in [-0.2, -0.15) is 0 Å². The number of aliphatic hydroxyl groups excluding tert-OH is 2. The first-order valence-electron chi connectivity index (χ1n) is 12.7. The molecular formula is C27H34N2O7. The quantitative estimate of drug-likeness (QED) is 0.396. The molecule has 1 amide bonds. The number of anilines is 1. The van der Waals surface area contributed by atoms with E-state index in [2.05, 4.69) is 5.32 Å². The summed E-state index contributed by atoms with van der Waals surface area (Å²) >= 11 is 0. The van der Waals surface area contributed by atoms with Crippen molar-refractivity contribution in [3.05, 3.63) is 34.6 Å². The smallest absolute Gasteiger partial charge is 0.233 e. The molecule has 9 heteroatoms. The van der Waals surface area contributed by atoms with Crippen molar-refractivity contribution in [1.82, 2.24) is 5.32 Å². The number of amides is 1. The largest absolute Gasteiger partial charge is 0.508 e. The van der Waals surface area contributed by atoms with Gasteiger partial charge in [-0.25, -0.2) is 0 Å². The van der Waals surface area contributed by atoms with Gasteiger partial charge in [0.1, 0.15) is 17.4 Å². The fraction of sp³-hybridized carbons (Fsp3) is 0.593. The van der Waals surface area contributed by atoms with E-state index < -0.39 is 58.2 Å². The highest BCUT2D eigenvalue weighted by Gasteiger charge is 2.62. The lowest BCUT2D eigenvalue weighted by Crippen LogP contribution is -2.64. The number of nitrogens with zero attached hydrogens (tertiary/aromatic N) is 1. The number of Topliss-reactive ketones (excluding diaryl/α,β-unsaturated/α-hetero) is 2. The van der Waals surface area contributed by atoms with Crippen LogP contribution in [0.3, 0.4) is 0 Å². The third-order valence-electron chi connectivity index (χ3n) is 8.84. The summed E-state index contributed by atoms with van der Waals surface area (Å²) in [5, 5.41) is 47.2. The van der Waals surface area contributed by atoms with Gasteiger partial charge in [0.15, 0.2) is 17.2 Å². The maximum atomic E-state index is 13.6. The molecule has 0 heterocycles. The zero-order chi connectivity index (χ0) is 26.2. The second kappa shape index (κ2) is 8.31. The Kier molecular flexibility index (Phi) is 5.72. The number of carbonyl (C=O) groups excluding carboxylic acids is 3. The lowest BCUT2D eigenvalue weighted by Gasteiger charge is -2.49. The van der Waals surface area contributed by atoms with Crippen LogP contribution in [0.5, 0.6) is 5.75 Å². The summed E-state index contributed by atoms with van der Waals surface area (Å²) in [4.78, 5) is 42.2. The summed E-state index contributed by atoms with van der Waals surface area (Å²) in [5.41, 5.74) is -1.59. The molecule has 4 aliphatic rings. The number of phenols is 1. The maximum Gasteiger partial charge on any atom is 0.233 e. The van der Waals surface area contributed by atoms with E-state index in [-0.39, 0.29) is 29.7 Å². The van der Waals surface area contributed by atoms with Gasteiger partial charge < -0.3 is 30.6 Å². The molecule has 0 bridgehead atoms. The number of hydrogen-bond donors (Lipinski definition) is 5.